The number of pyridine rings is 1. The molecule has 6 nitrogen and oxygen atoms in total. The Morgan fingerprint density at radius 1 is 1.00 bits per heavy atom. The number of para-hydroxylation sites is 2. The first-order chi connectivity index (χ1) is 13.5. The molecule has 28 heavy (non-hydrogen) atoms. The predicted molar refractivity (Wildman–Crippen MR) is 107 cm³/mol. The summed E-state index contributed by atoms with van der Waals surface area (Å²) in [5.41, 5.74) is 1.85. The Morgan fingerprint density at radius 2 is 1.57 bits per heavy atom. The Labute approximate surface area is 162 Å². The monoisotopic (exact) mass is 378 g/mol. The fraction of sp³-hybridized carbons (Fsp3) is 0.273. The normalized spacial score (nSPS) is 11.9. The van der Waals surface area contributed by atoms with Gasteiger partial charge in [0.05, 0.1) is 23.7 Å². The van der Waals surface area contributed by atoms with E-state index in [1.54, 1.807) is 6.92 Å². The van der Waals surface area contributed by atoms with Crippen molar-refractivity contribution in [1.29, 1.82) is 0 Å². The Hall–Kier alpha value is -3.28. The molecule has 0 unspecified atom stereocenters. The number of esters is 1. The lowest BCUT2D eigenvalue weighted by molar-refractivity contribution is -0.143. The first kappa shape index (κ1) is 19.5. The fourth-order valence-corrected chi connectivity index (χ4v) is 3.19. The van der Waals surface area contributed by atoms with Crippen LogP contribution < -0.4 is 5.32 Å². The van der Waals surface area contributed by atoms with Crippen LogP contribution in [-0.4, -0.2) is 35.8 Å². The molecule has 1 atom stereocenters. The van der Waals surface area contributed by atoms with Gasteiger partial charge in [-0.15, -0.1) is 0 Å². The van der Waals surface area contributed by atoms with Crippen LogP contribution in [0.4, 0.5) is 0 Å². The lowest BCUT2D eigenvalue weighted by atomic mass is 10.0. The molecule has 0 aliphatic carbocycles. The Kier molecular flexibility index (Phi) is 5.99. The number of Topliss-reactive ketones (excluding diaryl/α,β-unsaturated/α-hetero) is 1. The highest BCUT2D eigenvalue weighted by atomic mass is 16.5. The van der Waals surface area contributed by atoms with E-state index in [2.05, 4.69) is 10.3 Å². The van der Waals surface area contributed by atoms with E-state index in [9.17, 15) is 14.4 Å². The van der Waals surface area contributed by atoms with Gasteiger partial charge in [0.1, 0.15) is 11.8 Å². The smallest absolute Gasteiger partial charge is 0.328 e. The van der Waals surface area contributed by atoms with E-state index in [4.69, 9.17) is 4.74 Å². The topological polar surface area (TPSA) is 85.4 Å². The third-order valence-electron chi connectivity index (χ3n) is 4.71. The summed E-state index contributed by atoms with van der Waals surface area (Å²) in [7, 11) is 1.26. The van der Waals surface area contributed by atoms with Crippen molar-refractivity contribution in [2.75, 3.05) is 7.11 Å². The highest BCUT2D eigenvalue weighted by Crippen LogP contribution is 2.26. The molecule has 0 saturated carbocycles. The zero-order valence-electron chi connectivity index (χ0n) is 15.9. The van der Waals surface area contributed by atoms with Crippen molar-refractivity contribution in [3.63, 3.8) is 0 Å². The summed E-state index contributed by atoms with van der Waals surface area (Å²) >= 11 is 0. The van der Waals surface area contributed by atoms with Gasteiger partial charge in [0.15, 0.2) is 0 Å². The highest BCUT2D eigenvalue weighted by molar-refractivity contribution is 6.16. The minimum Gasteiger partial charge on any atom is -0.467 e. The number of hydrogen-bond acceptors (Lipinski definition) is 5. The molecule has 0 aliphatic rings. The first-order valence-electron chi connectivity index (χ1n) is 9.23. The number of ketones is 1. The molecule has 144 valence electrons. The van der Waals surface area contributed by atoms with Gasteiger partial charge in [0, 0.05) is 23.6 Å². The number of nitrogens with zero attached hydrogens (tertiary/aromatic N) is 1. The van der Waals surface area contributed by atoms with E-state index in [0.717, 1.165) is 0 Å². The zero-order chi connectivity index (χ0) is 20.1. The van der Waals surface area contributed by atoms with E-state index >= 15 is 0 Å². The molecule has 6 heteroatoms. The standard InChI is InChI=1S/C22H22N2O4/c1-3-14(25)12-13-19(22(27)28-2)24-21(26)20-15-8-4-6-10-17(15)23-18-11-7-5-9-16(18)20/h4-11,19H,3,12-13H2,1-2H3,(H,24,26)/t19-/m0/s1. The van der Waals surface area contributed by atoms with Gasteiger partial charge < -0.3 is 10.1 Å². The van der Waals surface area contributed by atoms with Crippen molar-refractivity contribution in [3.05, 3.63) is 54.1 Å². The predicted octanol–water partition coefficient (Wildman–Crippen LogP) is 3.42. The number of methoxy groups -OCH3 is 1. The summed E-state index contributed by atoms with van der Waals surface area (Å²) in [6.07, 6.45) is 0.794. The molecule has 1 amide bonds. The third kappa shape index (κ3) is 4.01. The summed E-state index contributed by atoms with van der Waals surface area (Å²) in [6.45, 7) is 1.77. The van der Waals surface area contributed by atoms with Crippen LogP contribution in [-0.2, 0) is 14.3 Å². The van der Waals surface area contributed by atoms with Crippen LogP contribution in [0.3, 0.4) is 0 Å². The van der Waals surface area contributed by atoms with E-state index in [0.29, 0.717) is 33.8 Å². The van der Waals surface area contributed by atoms with Gasteiger partial charge in [-0.05, 0) is 18.6 Å². The molecule has 0 radical (unpaired) electrons. The number of carbonyl (C=O) groups is 3. The van der Waals surface area contributed by atoms with Crippen molar-refractivity contribution >= 4 is 39.5 Å². The second kappa shape index (κ2) is 8.61. The molecular formula is C22H22N2O4. The van der Waals surface area contributed by atoms with Crippen molar-refractivity contribution in [1.82, 2.24) is 10.3 Å². The summed E-state index contributed by atoms with van der Waals surface area (Å²) in [6, 6.07) is 13.9. The van der Waals surface area contributed by atoms with Crippen LogP contribution in [0.15, 0.2) is 48.5 Å². The number of nitrogens with one attached hydrogen (secondary N) is 1. The minimum absolute atomic E-state index is 0.0305. The zero-order valence-corrected chi connectivity index (χ0v) is 15.9. The van der Waals surface area contributed by atoms with Crippen LogP contribution in [0.5, 0.6) is 0 Å². The van der Waals surface area contributed by atoms with E-state index in [-0.39, 0.29) is 18.6 Å². The second-order valence-corrected chi connectivity index (χ2v) is 6.50. The molecule has 0 saturated heterocycles. The number of hydrogen-bond donors (Lipinski definition) is 1. The maximum absolute atomic E-state index is 13.2. The molecule has 3 aromatic rings. The van der Waals surface area contributed by atoms with Gasteiger partial charge in [-0.1, -0.05) is 43.3 Å². The lowest BCUT2D eigenvalue weighted by Gasteiger charge is -2.18. The van der Waals surface area contributed by atoms with E-state index < -0.39 is 17.9 Å². The van der Waals surface area contributed by atoms with Gasteiger partial charge in [-0.25, -0.2) is 9.78 Å². The Balaban J connectivity index is 2.00. The molecule has 3 rings (SSSR count). The quantitative estimate of drug-likeness (QED) is 0.503. The molecule has 1 aromatic heterocycles. The average Bonchev–Trinajstić information content (AvgIpc) is 2.73. The maximum Gasteiger partial charge on any atom is 0.328 e. The lowest BCUT2D eigenvalue weighted by Crippen LogP contribution is -2.42. The third-order valence-corrected chi connectivity index (χ3v) is 4.71. The van der Waals surface area contributed by atoms with Crippen LogP contribution in [0.2, 0.25) is 0 Å². The Bertz CT molecular complexity index is 991. The summed E-state index contributed by atoms with van der Waals surface area (Å²) in [5.74, 6) is -0.933. The van der Waals surface area contributed by atoms with Gasteiger partial charge in [0.25, 0.3) is 5.91 Å². The number of benzene rings is 2. The summed E-state index contributed by atoms with van der Waals surface area (Å²) in [5, 5.41) is 4.16. The Morgan fingerprint density at radius 3 is 2.11 bits per heavy atom. The van der Waals surface area contributed by atoms with Gasteiger partial charge >= 0.3 is 5.97 Å². The molecule has 0 bridgehead atoms. The number of carbonyl (C=O) groups excluding carboxylic acids is 3. The minimum atomic E-state index is -0.890. The first-order valence-corrected chi connectivity index (χ1v) is 9.23. The van der Waals surface area contributed by atoms with E-state index in [1.165, 1.54) is 7.11 Å². The fourth-order valence-electron chi connectivity index (χ4n) is 3.19. The van der Waals surface area contributed by atoms with Crippen LogP contribution >= 0.6 is 0 Å². The van der Waals surface area contributed by atoms with Crippen molar-refractivity contribution in [2.45, 2.75) is 32.2 Å². The van der Waals surface area contributed by atoms with Crippen LogP contribution in [0.1, 0.15) is 36.5 Å². The van der Waals surface area contributed by atoms with Crippen LogP contribution in [0, 0.1) is 0 Å². The molecule has 0 spiro atoms. The molecule has 0 aliphatic heterocycles. The summed E-state index contributed by atoms with van der Waals surface area (Å²) < 4.78 is 4.81. The van der Waals surface area contributed by atoms with Crippen molar-refractivity contribution in [3.8, 4) is 0 Å². The van der Waals surface area contributed by atoms with E-state index in [1.807, 2.05) is 48.5 Å². The number of fused-ring (bicyclic) bond motifs is 2. The van der Waals surface area contributed by atoms with Gasteiger partial charge in [-0.2, -0.15) is 0 Å². The largest absolute Gasteiger partial charge is 0.467 e. The molecule has 2 aromatic carbocycles. The number of ether oxygens (including phenoxy) is 1. The maximum atomic E-state index is 13.2. The summed E-state index contributed by atoms with van der Waals surface area (Å²) in [4.78, 5) is 41.6. The molecule has 1 heterocycles. The van der Waals surface area contributed by atoms with Crippen molar-refractivity contribution < 1.29 is 19.1 Å². The average molecular weight is 378 g/mol. The number of aromatic nitrogens is 1. The number of rotatable bonds is 7. The number of amides is 1. The molecule has 0 fully saturated rings. The highest BCUT2D eigenvalue weighted by Gasteiger charge is 2.25. The SMILES string of the molecule is CCC(=O)CC[C@H](NC(=O)c1c2ccccc2nc2ccccc12)C(=O)OC. The van der Waals surface area contributed by atoms with Crippen molar-refractivity contribution in [2.24, 2.45) is 0 Å². The second-order valence-electron chi connectivity index (χ2n) is 6.50. The van der Waals surface area contributed by atoms with Crippen LogP contribution in [0.25, 0.3) is 21.8 Å². The molecule has 1 N–H and O–H groups in total. The van der Waals surface area contributed by atoms with Gasteiger partial charge in [-0.3, -0.25) is 9.59 Å². The van der Waals surface area contributed by atoms with Gasteiger partial charge in [0.2, 0.25) is 0 Å². The molecular weight excluding hydrogens is 356 g/mol.